The molecule has 0 unspecified atom stereocenters. The topological polar surface area (TPSA) is 15.6 Å². The number of amidine groups is 1. The van der Waals surface area contributed by atoms with Gasteiger partial charge in [0.15, 0.2) is 0 Å². The molecular weight excluding hydrogens is 388 g/mol. The molecule has 0 aromatic heterocycles. The van der Waals surface area contributed by atoms with Gasteiger partial charge in [0.05, 0.1) is 12.1 Å². The van der Waals surface area contributed by atoms with Crippen LogP contribution in [0.3, 0.4) is 0 Å². The summed E-state index contributed by atoms with van der Waals surface area (Å²) in [4.78, 5) is 7.88. The molecule has 2 aliphatic heterocycles. The van der Waals surface area contributed by atoms with Gasteiger partial charge >= 0.3 is 0 Å². The highest BCUT2D eigenvalue weighted by Crippen LogP contribution is 2.50. The molecule has 6 rings (SSSR count). The fourth-order valence-electron chi connectivity index (χ4n) is 5.62. The van der Waals surface area contributed by atoms with Gasteiger partial charge in [0, 0.05) is 17.5 Å². The predicted molar refractivity (Wildman–Crippen MR) is 131 cm³/mol. The Labute approximate surface area is 189 Å². The van der Waals surface area contributed by atoms with E-state index in [0.29, 0.717) is 6.04 Å². The minimum absolute atomic E-state index is 0.0593. The number of hydrogen-bond donors (Lipinski definition) is 0. The lowest BCUT2D eigenvalue weighted by molar-refractivity contribution is 0.380. The van der Waals surface area contributed by atoms with Gasteiger partial charge in [-0.3, -0.25) is 4.99 Å². The minimum Gasteiger partial charge on any atom is -0.350 e. The van der Waals surface area contributed by atoms with Crippen molar-refractivity contribution in [3.8, 4) is 0 Å². The van der Waals surface area contributed by atoms with Crippen LogP contribution in [0.4, 0.5) is 0 Å². The van der Waals surface area contributed by atoms with E-state index in [9.17, 15) is 0 Å². The molecule has 156 valence electrons. The molecule has 0 radical (unpaired) electrons. The summed E-state index contributed by atoms with van der Waals surface area (Å²) in [5.41, 5.74) is 5.22. The van der Waals surface area contributed by atoms with Gasteiger partial charge in [0.2, 0.25) is 0 Å². The van der Waals surface area contributed by atoms with E-state index in [2.05, 4.69) is 126 Å². The Morgan fingerprint density at radius 1 is 0.625 bits per heavy atom. The Morgan fingerprint density at radius 2 is 1.12 bits per heavy atom. The van der Waals surface area contributed by atoms with E-state index in [0.717, 1.165) is 18.8 Å². The van der Waals surface area contributed by atoms with Crippen molar-refractivity contribution >= 4 is 5.84 Å². The third kappa shape index (κ3) is 3.06. The molecule has 2 nitrogen and oxygen atoms in total. The van der Waals surface area contributed by atoms with Crippen LogP contribution in [0, 0.1) is 0 Å². The van der Waals surface area contributed by atoms with Crippen LogP contribution in [0.1, 0.15) is 34.7 Å². The van der Waals surface area contributed by atoms with Crippen LogP contribution in [0.25, 0.3) is 0 Å². The van der Waals surface area contributed by atoms with Crippen molar-refractivity contribution in [1.82, 2.24) is 4.90 Å². The molecule has 2 aliphatic rings. The standard InChI is InChI=1S/C30H26N2/c1-5-13-23(14-6-1)28-27-21-30(25-17-9-3-10-18-25,26-19-11-4-12-20-26)22-32(27)29(31-28)24-15-7-2-8-16-24/h1-20,27-28H,21-22H2/t27-,28-/m0/s1. The molecule has 0 spiro atoms. The van der Waals surface area contributed by atoms with E-state index >= 15 is 0 Å². The molecule has 1 saturated heterocycles. The average molecular weight is 415 g/mol. The molecule has 0 N–H and O–H groups in total. The lowest BCUT2D eigenvalue weighted by atomic mass is 9.72. The predicted octanol–water partition coefficient (Wildman–Crippen LogP) is 6.25. The Hall–Kier alpha value is -3.65. The summed E-state index contributed by atoms with van der Waals surface area (Å²) in [7, 11) is 0. The van der Waals surface area contributed by atoms with Gasteiger partial charge in [-0.25, -0.2) is 0 Å². The second kappa shape index (κ2) is 7.80. The summed E-state index contributed by atoms with van der Waals surface area (Å²) >= 11 is 0. The van der Waals surface area contributed by atoms with E-state index in [1.807, 2.05) is 0 Å². The average Bonchev–Trinajstić information content (AvgIpc) is 3.44. The normalized spacial score (nSPS) is 21.2. The van der Waals surface area contributed by atoms with Crippen LogP contribution in [0.2, 0.25) is 0 Å². The SMILES string of the molecule is c1ccc(C2=N[C@@H](c3ccccc3)[C@@H]3CC(c4ccccc4)(c4ccccc4)CN23)cc1. The van der Waals surface area contributed by atoms with Crippen LogP contribution in [-0.2, 0) is 5.41 Å². The molecule has 32 heavy (non-hydrogen) atoms. The van der Waals surface area contributed by atoms with Gasteiger partial charge in [-0.2, -0.15) is 0 Å². The first-order valence-electron chi connectivity index (χ1n) is 11.4. The molecule has 0 bridgehead atoms. The quantitative estimate of drug-likeness (QED) is 0.385. The number of hydrogen-bond acceptors (Lipinski definition) is 2. The van der Waals surface area contributed by atoms with E-state index in [1.54, 1.807) is 0 Å². The molecule has 0 aliphatic carbocycles. The summed E-state index contributed by atoms with van der Waals surface area (Å²) in [5.74, 6) is 1.12. The summed E-state index contributed by atoms with van der Waals surface area (Å²) in [5, 5.41) is 0. The molecule has 2 heteroatoms. The van der Waals surface area contributed by atoms with Crippen LogP contribution in [-0.4, -0.2) is 23.3 Å². The zero-order valence-electron chi connectivity index (χ0n) is 18.0. The van der Waals surface area contributed by atoms with Gasteiger partial charge in [-0.1, -0.05) is 121 Å². The monoisotopic (exact) mass is 414 g/mol. The lowest BCUT2D eigenvalue weighted by Crippen LogP contribution is -2.35. The molecule has 0 saturated carbocycles. The third-order valence-electron chi connectivity index (χ3n) is 7.12. The van der Waals surface area contributed by atoms with Crippen molar-refractivity contribution < 1.29 is 0 Å². The molecule has 4 aromatic carbocycles. The molecule has 2 heterocycles. The van der Waals surface area contributed by atoms with Gasteiger partial charge in [0.1, 0.15) is 5.84 Å². The number of rotatable bonds is 4. The second-order valence-corrected chi connectivity index (χ2v) is 8.89. The largest absolute Gasteiger partial charge is 0.350 e. The molecule has 0 amide bonds. The van der Waals surface area contributed by atoms with Crippen molar-refractivity contribution in [3.63, 3.8) is 0 Å². The smallest absolute Gasteiger partial charge is 0.131 e. The Morgan fingerprint density at radius 3 is 1.69 bits per heavy atom. The Kier molecular flexibility index (Phi) is 4.65. The van der Waals surface area contributed by atoms with Gasteiger partial charge in [-0.05, 0) is 23.1 Å². The maximum atomic E-state index is 5.31. The summed E-state index contributed by atoms with van der Waals surface area (Å²) in [6.07, 6.45) is 1.04. The highest BCUT2D eigenvalue weighted by atomic mass is 15.3. The van der Waals surface area contributed by atoms with Crippen molar-refractivity contribution in [3.05, 3.63) is 144 Å². The first-order valence-corrected chi connectivity index (χ1v) is 11.4. The number of fused-ring (bicyclic) bond motifs is 1. The van der Waals surface area contributed by atoms with Crippen molar-refractivity contribution in [2.24, 2.45) is 4.99 Å². The van der Waals surface area contributed by atoms with Crippen molar-refractivity contribution in [2.45, 2.75) is 23.9 Å². The van der Waals surface area contributed by atoms with Crippen LogP contribution in [0.5, 0.6) is 0 Å². The Balaban J connectivity index is 1.51. The van der Waals surface area contributed by atoms with Gasteiger partial charge in [-0.15, -0.1) is 0 Å². The third-order valence-corrected chi connectivity index (χ3v) is 7.12. The molecule has 4 aromatic rings. The highest BCUT2D eigenvalue weighted by molar-refractivity contribution is 6.01. The zero-order chi connectivity index (χ0) is 21.4. The van der Waals surface area contributed by atoms with Crippen LogP contribution in [0.15, 0.2) is 126 Å². The van der Waals surface area contributed by atoms with Crippen molar-refractivity contribution in [2.75, 3.05) is 6.54 Å². The zero-order valence-corrected chi connectivity index (χ0v) is 18.0. The minimum atomic E-state index is -0.0593. The van der Waals surface area contributed by atoms with Crippen molar-refractivity contribution in [1.29, 1.82) is 0 Å². The maximum Gasteiger partial charge on any atom is 0.131 e. The first kappa shape index (κ1) is 19.1. The van der Waals surface area contributed by atoms with E-state index < -0.39 is 0 Å². The number of benzene rings is 4. The summed E-state index contributed by atoms with van der Waals surface area (Å²) in [6, 6.07) is 44.0. The molecular formula is C30H26N2. The number of aliphatic imine (C=N–C) groups is 1. The van der Waals surface area contributed by atoms with E-state index in [4.69, 9.17) is 4.99 Å². The van der Waals surface area contributed by atoms with Gasteiger partial charge in [0.25, 0.3) is 0 Å². The van der Waals surface area contributed by atoms with Crippen LogP contribution < -0.4 is 0 Å². The summed E-state index contributed by atoms with van der Waals surface area (Å²) < 4.78 is 0. The lowest BCUT2D eigenvalue weighted by Gasteiger charge is -2.31. The fourth-order valence-corrected chi connectivity index (χ4v) is 5.62. The van der Waals surface area contributed by atoms with Crippen LogP contribution >= 0.6 is 0 Å². The number of nitrogens with zero attached hydrogens (tertiary/aromatic N) is 2. The molecule has 1 fully saturated rings. The highest BCUT2D eigenvalue weighted by Gasteiger charge is 2.52. The van der Waals surface area contributed by atoms with E-state index in [-0.39, 0.29) is 11.5 Å². The molecule has 2 atom stereocenters. The first-order chi connectivity index (χ1) is 15.9. The Bertz CT molecular complexity index is 1180. The summed E-state index contributed by atoms with van der Waals surface area (Å²) in [6.45, 7) is 0.933. The second-order valence-electron chi connectivity index (χ2n) is 8.89. The van der Waals surface area contributed by atoms with Gasteiger partial charge < -0.3 is 4.90 Å². The maximum absolute atomic E-state index is 5.31. The fraction of sp³-hybridized carbons (Fsp3) is 0.167. The van der Waals surface area contributed by atoms with E-state index in [1.165, 1.54) is 22.3 Å².